The summed E-state index contributed by atoms with van der Waals surface area (Å²) in [7, 11) is 0. The van der Waals surface area contributed by atoms with E-state index in [0.29, 0.717) is 17.9 Å². The average Bonchev–Trinajstić information content (AvgIpc) is 3.13. The number of anilines is 1. The number of hydrogen-bond acceptors (Lipinski definition) is 5. The molecule has 1 atom stereocenters. The minimum atomic E-state index is 0.00374. The van der Waals surface area contributed by atoms with E-state index in [1.165, 1.54) is 25.7 Å². The van der Waals surface area contributed by atoms with Gasteiger partial charge in [-0.15, -0.1) is 10.2 Å². The Bertz CT molecular complexity index is 958. The van der Waals surface area contributed by atoms with E-state index in [0.717, 1.165) is 67.7 Å². The minimum absolute atomic E-state index is 0.00374. The molecule has 7 nitrogen and oxygen atoms in total. The quantitative estimate of drug-likeness (QED) is 0.865. The number of hydrogen-bond donors (Lipinski definition) is 1. The SMILES string of the molecule is O=C1NCc2ccc(-c3nnc(N4CCCC5(CC5)C4)n3CC3CCOC3)cc21. The molecule has 7 heteroatoms. The van der Waals surface area contributed by atoms with E-state index < -0.39 is 0 Å². The second-order valence-electron chi connectivity index (χ2n) is 9.24. The van der Waals surface area contributed by atoms with Crippen molar-refractivity contribution in [2.75, 3.05) is 31.2 Å². The van der Waals surface area contributed by atoms with Crippen LogP contribution in [0, 0.1) is 11.3 Å². The average molecular weight is 393 g/mol. The summed E-state index contributed by atoms with van der Waals surface area (Å²) >= 11 is 0. The van der Waals surface area contributed by atoms with Crippen molar-refractivity contribution in [2.24, 2.45) is 11.3 Å². The molecule has 1 N–H and O–H groups in total. The van der Waals surface area contributed by atoms with Gasteiger partial charge in [-0.2, -0.15) is 0 Å². The Morgan fingerprint density at radius 3 is 3.00 bits per heavy atom. The Morgan fingerprint density at radius 1 is 1.24 bits per heavy atom. The number of rotatable bonds is 4. The number of piperidine rings is 1. The second kappa shape index (κ2) is 6.55. The van der Waals surface area contributed by atoms with Gasteiger partial charge >= 0.3 is 0 Å². The molecule has 4 heterocycles. The molecule has 1 aliphatic carbocycles. The lowest BCUT2D eigenvalue weighted by atomic mass is 9.95. The van der Waals surface area contributed by atoms with Gasteiger partial charge < -0.3 is 15.0 Å². The van der Waals surface area contributed by atoms with Crippen LogP contribution in [0.15, 0.2) is 18.2 Å². The molecule has 1 spiro atoms. The molecule has 3 aliphatic heterocycles. The summed E-state index contributed by atoms with van der Waals surface area (Å²) in [5.74, 6) is 2.34. The molecule has 6 rings (SSSR count). The lowest BCUT2D eigenvalue weighted by molar-refractivity contribution is 0.0966. The largest absolute Gasteiger partial charge is 0.381 e. The molecule has 3 fully saturated rings. The lowest BCUT2D eigenvalue weighted by Crippen LogP contribution is -2.38. The highest BCUT2D eigenvalue weighted by Crippen LogP contribution is 2.52. The molecule has 2 saturated heterocycles. The van der Waals surface area contributed by atoms with Crippen molar-refractivity contribution in [2.45, 2.75) is 45.2 Å². The van der Waals surface area contributed by atoms with Crippen LogP contribution in [-0.4, -0.2) is 47.0 Å². The molecule has 1 amide bonds. The van der Waals surface area contributed by atoms with Crippen LogP contribution in [0.3, 0.4) is 0 Å². The maximum absolute atomic E-state index is 12.2. The molecule has 152 valence electrons. The van der Waals surface area contributed by atoms with E-state index in [4.69, 9.17) is 4.74 Å². The summed E-state index contributed by atoms with van der Waals surface area (Å²) in [6.45, 7) is 5.26. The number of benzene rings is 1. The molecule has 1 aromatic heterocycles. The number of carbonyl (C=O) groups is 1. The summed E-state index contributed by atoms with van der Waals surface area (Å²) in [6.07, 6.45) is 6.35. The smallest absolute Gasteiger partial charge is 0.251 e. The van der Waals surface area contributed by atoms with Gasteiger partial charge in [-0.1, -0.05) is 12.1 Å². The molecule has 1 aromatic carbocycles. The molecular weight excluding hydrogens is 366 g/mol. The van der Waals surface area contributed by atoms with Gasteiger partial charge in [0, 0.05) is 49.8 Å². The highest BCUT2D eigenvalue weighted by molar-refractivity contribution is 5.99. The maximum Gasteiger partial charge on any atom is 0.251 e. The van der Waals surface area contributed by atoms with Crippen LogP contribution in [-0.2, 0) is 17.8 Å². The summed E-state index contributed by atoms with van der Waals surface area (Å²) < 4.78 is 7.92. The fourth-order valence-electron chi connectivity index (χ4n) is 5.21. The van der Waals surface area contributed by atoms with Gasteiger partial charge in [-0.3, -0.25) is 9.36 Å². The van der Waals surface area contributed by atoms with Crippen molar-refractivity contribution >= 4 is 11.9 Å². The highest BCUT2D eigenvalue weighted by Gasteiger charge is 2.46. The summed E-state index contributed by atoms with van der Waals surface area (Å²) in [5, 5.41) is 12.2. The maximum atomic E-state index is 12.2. The van der Waals surface area contributed by atoms with E-state index in [1.54, 1.807) is 0 Å². The van der Waals surface area contributed by atoms with E-state index in [1.807, 2.05) is 12.1 Å². The molecule has 2 aromatic rings. The zero-order valence-corrected chi connectivity index (χ0v) is 16.7. The number of nitrogens with one attached hydrogen (secondary N) is 1. The predicted octanol–water partition coefficient (Wildman–Crippen LogP) is 2.61. The van der Waals surface area contributed by atoms with Gasteiger partial charge in [0.1, 0.15) is 0 Å². The normalized spacial score (nSPS) is 24.8. The van der Waals surface area contributed by atoms with Gasteiger partial charge in [0.05, 0.1) is 6.61 Å². The molecule has 0 bridgehead atoms. The molecule has 1 unspecified atom stereocenters. The third-order valence-electron chi connectivity index (χ3n) is 7.15. The Hall–Kier alpha value is -2.41. The van der Waals surface area contributed by atoms with E-state index >= 15 is 0 Å². The van der Waals surface area contributed by atoms with Gasteiger partial charge in [0.15, 0.2) is 5.82 Å². The van der Waals surface area contributed by atoms with Crippen LogP contribution in [0.1, 0.15) is 48.0 Å². The van der Waals surface area contributed by atoms with Crippen LogP contribution < -0.4 is 10.2 Å². The number of nitrogens with zero attached hydrogens (tertiary/aromatic N) is 4. The molecular formula is C22H27N5O2. The number of ether oxygens (including phenoxy) is 1. The molecule has 4 aliphatic rings. The second-order valence-corrected chi connectivity index (χ2v) is 9.24. The Labute approximate surface area is 170 Å². The standard InChI is InChI=1S/C22H27N5O2/c28-20-18-10-16(2-3-17(18)11-23-20)19-24-25-21(27(19)12-15-4-9-29-13-15)26-8-1-5-22(14-26)6-7-22/h2-3,10,15H,1,4-9,11-14H2,(H,23,28). The predicted molar refractivity (Wildman–Crippen MR) is 109 cm³/mol. The van der Waals surface area contributed by atoms with Crippen molar-refractivity contribution in [3.63, 3.8) is 0 Å². The van der Waals surface area contributed by atoms with Crippen molar-refractivity contribution in [1.29, 1.82) is 0 Å². The fraction of sp³-hybridized carbons (Fsp3) is 0.591. The Morgan fingerprint density at radius 2 is 2.17 bits per heavy atom. The van der Waals surface area contributed by atoms with E-state index in [9.17, 15) is 4.79 Å². The zero-order chi connectivity index (χ0) is 19.4. The van der Waals surface area contributed by atoms with Crippen LogP contribution in [0.4, 0.5) is 5.95 Å². The summed E-state index contributed by atoms with van der Waals surface area (Å²) in [4.78, 5) is 14.6. The highest BCUT2D eigenvalue weighted by atomic mass is 16.5. The first-order valence-electron chi connectivity index (χ1n) is 10.9. The number of carbonyl (C=O) groups excluding carboxylic acids is 1. The lowest BCUT2D eigenvalue weighted by Gasteiger charge is -2.34. The van der Waals surface area contributed by atoms with Crippen LogP contribution >= 0.6 is 0 Å². The molecule has 29 heavy (non-hydrogen) atoms. The van der Waals surface area contributed by atoms with Crippen molar-refractivity contribution in [3.8, 4) is 11.4 Å². The first-order chi connectivity index (χ1) is 14.2. The van der Waals surface area contributed by atoms with Gasteiger partial charge in [0.2, 0.25) is 5.95 Å². The van der Waals surface area contributed by atoms with E-state index in [-0.39, 0.29) is 5.91 Å². The van der Waals surface area contributed by atoms with Crippen LogP contribution in [0.2, 0.25) is 0 Å². The third kappa shape index (κ3) is 3.03. The monoisotopic (exact) mass is 393 g/mol. The van der Waals surface area contributed by atoms with Crippen LogP contribution in [0.5, 0.6) is 0 Å². The van der Waals surface area contributed by atoms with Gasteiger partial charge in [-0.05, 0) is 49.1 Å². The zero-order valence-electron chi connectivity index (χ0n) is 16.7. The Balaban J connectivity index is 1.39. The van der Waals surface area contributed by atoms with Crippen molar-refractivity contribution in [1.82, 2.24) is 20.1 Å². The first-order valence-corrected chi connectivity index (χ1v) is 10.9. The fourth-order valence-corrected chi connectivity index (χ4v) is 5.21. The summed E-state index contributed by atoms with van der Waals surface area (Å²) in [6, 6.07) is 6.10. The number of aromatic nitrogens is 3. The molecule has 1 saturated carbocycles. The number of fused-ring (bicyclic) bond motifs is 1. The number of amides is 1. The Kier molecular flexibility index (Phi) is 3.94. The van der Waals surface area contributed by atoms with Crippen molar-refractivity contribution < 1.29 is 9.53 Å². The van der Waals surface area contributed by atoms with Gasteiger partial charge in [0.25, 0.3) is 5.91 Å². The van der Waals surface area contributed by atoms with Crippen LogP contribution in [0.25, 0.3) is 11.4 Å². The molecule has 0 radical (unpaired) electrons. The minimum Gasteiger partial charge on any atom is -0.381 e. The van der Waals surface area contributed by atoms with E-state index in [2.05, 4.69) is 31.0 Å². The summed E-state index contributed by atoms with van der Waals surface area (Å²) in [5.41, 5.74) is 3.31. The van der Waals surface area contributed by atoms with Gasteiger partial charge in [-0.25, -0.2) is 0 Å². The topological polar surface area (TPSA) is 72.3 Å². The third-order valence-corrected chi connectivity index (χ3v) is 7.15. The first kappa shape index (κ1) is 17.4. The van der Waals surface area contributed by atoms with Crippen molar-refractivity contribution in [3.05, 3.63) is 29.3 Å².